The first-order valence-corrected chi connectivity index (χ1v) is 6.37. The first-order chi connectivity index (χ1) is 8.08. The van der Waals surface area contributed by atoms with Crippen LogP contribution < -0.4 is 5.73 Å². The Morgan fingerprint density at radius 1 is 1.29 bits per heavy atom. The van der Waals surface area contributed by atoms with E-state index in [1.165, 1.54) is 31.4 Å². The number of piperidine rings is 1. The molecule has 0 aliphatic carbocycles. The molecule has 1 aromatic carbocycles. The second-order valence-corrected chi connectivity index (χ2v) is 5.14. The van der Waals surface area contributed by atoms with E-state index in [0.29, 0.717) is 17.8 Å². The number of likely N-dealkylation sites (tertiary alicyclic amines) is 1. The minimum absolute atomic E-state index is 0.258. The highest BCUT2D eigenvalue weighted by Gasteiger charge is 2.24. The van der Waals surface area contributed by atoms with Crippen LogP contribution in [0.5, 0.6) is 0 Å². The average molecular weight is 236 g/mol. The number of halogens is 1. The van der Waals surface area contributed by atoms with E-state index in [1.807, 2.05) is 0 Å². The zero-order chi connectivity index (χ0) is 12.4. The van der Waals surface area contributed by atoms with Crippen molar-refractivity contribution in [2.75, 3.05) is 5.73 Å². The average Bonchev–Trinajstić information content (AvgIpc) is 2.26. The lowest BCUT2D eigenvalue weighted by atomic mass is 9.96. The van der Waals surface area contributed by atoms with Gasteiger partial charge < -0.3 is 5.73 Å². The normalized spacial score (nSPS) is 26.1. The van der Waals surface area contributed by atoms with Gasteiger partial charge in [-0.15, -0.1) is 0 Å². The van der Waals surface area contributed by atoms with Crippen LogP contribution >= 0.6 is 0 Å². The molecule has 0 unspecified atom stereocenters. The fourth-order valence-electron chi connectivity index (χ4n) is 2.69. The third-order valence-corrected chi connectivity index (χ3v) is 3.84. The predicted molar refractivity (Wildman–Crippen MR) is 69.1 cm³/mol. The molecule has 0 aromatic heterocycles. The highest BCUT2D eigenvalue weighted by atomic mass is 19.1. The number of nitrogens with two attached hydrogens (primary N) is 1. The van der Waals surface area contributed by atoms with E-state index in [0.717, 1.165) is 12.1 Å². The van der Waals surface area contributed by atoms with Gasteiger partial charge in [-0.05, 0) is 44.4 Å². The Labute approximate surface area is 103 Å². The minimum Gasteiger partial charge on any atom is -0.398 e. The summed E-state index contributed by atoms with van der Waals surface area (Å²) < 4.78 is 13.0. The molecule has 2 N–H and O–H groups in total. The molecule has 0 radical (unpaired) electrons. The van der Waals surface area contributed by atoms with Gasteiger partial charge in [-0.25, -0.2) is 4.39 Å². The highest BCUT2D eigenvalue weighted by molar-refractivity contribution is 5.46. The van der Waals surface area contributed by atoms with Crippen LogP contribution in [0.4, 0.5) is 10.1 Å². The minimum atomic E-state index is -0.258. The summed E-state index contributed by atoms with van der Waals surface area (Å²) >= 11 is 0. The molecule has 1 saturated heterocycles. The molecular formula is C14H21FN2. The van der Waals surface area contributed by atoms with Crippen molar-refractivity contribution in [1.82, 2.24) is 4.90 Å². The molecule has 0 saturated carbocycles. The molecule has 0 spiro atoms. The first-order valence-electron chi connectivity index (χ1n) is 6.37. The maximum absolute atomic E-state index is 13.0. The summed E-state index contributed by atoms with van der Waals surface area (Å²) in [4.78, 5) is 2.47. The summed E-state index contributed by atoms with van der Waals surface area (Å²) in [5.74, 6) is -0.258. The zero-order valence-corrected chi connectivity index (χ0v) is 10.6. The van der Waals surface area contributed by atoms with E-state index < -0.39 is 0 Å². The van der Waals surface area contributed by atoms with Crippen molar-refractivity contribution in [3.05, 3.63) is 29.6 Å². The van der Waals surface area contributed by atoms with Gasteiger partial charge in [0.05, 0.1) is 0 Å². The summed E-state index contributed by atoms with van der Waals surface area (Å²) in [7, 11) is 0. The van der Waals surface area contributed by atoms with Crippen LogP contribution in [0.25, 0.3) is 0 Å². The van der Waals surface area contributed by atoms with Gasteiger partial charge in [0.15, 0.2) is 0 Å². The molecule has 2 atom stereocenters. The van der Waals surface area contributed by atoms with Crippen LogP contribution in [0.15, 0.2) is 18.2 Å². The Morgan fingerprint density at radius 2 is 1.94 bits per heavy atom. The summed E-state index contributed by atoms with van der Waals surface area (Å²) in [6.07, 6.45) is 3.79. The molecule has 1 aliphatic heterocycles. The van der Waals surface area contributed by atoms with Gasteiger partial charge in [-0.3, -0.25) is 4.90 Å². The Kier molecular flexibility index (Phi) is 3.67. The molecule has 1 fully saturated rings. The number of rotatable bonds is 2. The summed E-state index contributed by atoms with van der Waals surface area (Å²) in [5.41, 5.74) is 7.46. The zero-order valence-electron chi connectivity index (χ0n) is 10.6. The lowest BCUT2D eigenvalue weighted by Crippen LogP contribution is -2.43. The van der Waals surface area contributed by atoms with Gasteiger partial charge in [0.25, 0.3) is 0 Å². The van der Waals surface area contributed by atoms with E-state index in [1.54, 1.807) is 6.07 Å². The van der Waals surface area contributed by atoms with Crippen LogP contribution in [0.3, 0.4) is 0 Å². The van der Waals surface area contributed by atoms with Crippen LogP contribution in [-0.4, -0.2) is 17.0 Å². The fourth-order valence-corrected chi connectivity index (χ4v) is 2.69. The van der Waals surface area contributed by atoms with Gasteiger partial charge in [0, 0.05) is 24.3 Å². The first kappa shape index (κ1) is 12.4. The second-order valence-electron chi connectivity index (χ2n) is 5.14. The molecule has 3 heteroatoms. The maximum Gasteiger partial charge on any atom is 0.125 e. The topological polar surface area (TPSA) is 29.3 Å². The monoisotopic (exact) mass is 236 g/mol. The standard InChI is InChI=1S/C14H21FN2/c1-10-4-3-5-11(2)17(10)9-12-6-7-13(15)8-14(12)16/h6-8,10-11H,3-5,9,16H2,1-2H3/t10-,11+. The van der Waals surface area contributed by atoms with Crippen LogP contribution in [0.2, 0.25) is 0 Å². The Morgan fingerprint density at radius 3 is 2.53 bits per heavy atom. The second kappa shape index (κ2) is 5.05. The largest absolute Gasteiger partial charge is 0.398 e. The number of benzene rings is 1. The predicted octanol–water partition coefficient (Wildman–Crippen LogP) is 3.17. The van der Waals surface area contributed by atoms with Crippen LogP contribution in [0, 0.1) is 5.82 Å². The Balaban J connectivity index is 2.13. The van der Waals surface area contributed by atoms with E-state index in [-0.39, 0.29) is 5.82 Å². The smallest absolute Gasteiger partial charge is 0.125 e. The number of nitrogen functional groups attached to an aromatic ring is 1. The van der Waals surface area contributed by atoms with Gasteiger partial charge in [0.1, 0.15) is 5.82 Å². The van der Waals surface area contributed by atoms with E-state index >= 15 is 0 Å². The molecule has 0 amide bonds. The summed E-state index contributed by atoms with van der Waals surface area (Å²) in [6, 6.07) is 5.88. The molecule has 2 rings (SSSR count). The van der Waals surface area contributed by atoms with E-state index in [4.69, 9.17) is 5.73 Å². The van der Waals surface area contributed by atoms with Gasteiger partial charge in [-0.2, -0.15) is 0 Å². The van der Waals surface area contributed by atoms with E-state index in [9.17, 15) is 4.39 Å². The van der Waals surface area contributed by atoms with Crippen molar-refractivity contribution in [3.8, 4) is 0 Å². The molecule has 1 heterocycles. The fraction of sp³-hybridized carbons (Fsp3) is 0.571. The number of nitrogens with zero attached hydrogens (tertiary/aromatic N) is 1. The molecule has 0 bridgehead atoms. The summed E-state index contributed by atoms with van der Waals surface area (Å²) in [5, 5.41) is 0. The lowest BCUT2D eigenvalue weighted by molar-refractivity contribution is 0.0955. The number of anilines is 1. The van der Waals surface area contributed by atoms with Crippen molar-refractivity contribution in [1.29, 1.82) is 0 Å². The van der Waals surface area contributed by atoms with Crippen LogP contribution in [-0.2, 0) is 6.54 Å². The molecule has 94 valence electrons. The lowest BCUT2D eigenvalue weighted by Gasteiger charge is -2.39. The number of hydrogen-bond donors (Lipinski definition) is 1. The van der Waals surface area contributed by atoms with Gasteiger partial charge >= 0.3 is 0 Å². The molecule has 17 heavy (non-hydrogen) atoms. The molecule has 1 aliphatic rings. The third kappa shape index (κ3) is 2.78. The summed E-state index contributed by atoms with van der Waals surface area (Å²) in [6.45, 7) is 5.35. The Bertz CT molecular complexity index is 382. The van der Waals surface area contributed by atoms with Crippen molar-refractivity contribution >= 4 is 5.69 Å². The van der Waals surface area contributed by atoms with Crippen molar-refractivity contribution in [2.24, 2.45) is 0 Å². The third-order valence-electron chi connectivity index (χ3n) is 3.84. The van der Waals surface area contributed by atoms with Crippen molar-refractivity contribution in [3.63, 3.8) is 0 Å². The van der Waals surface area contributed by atoms with Gasteiger partial charge in [0.2, 0.25) is 0 Å². The molecular weight excluding hydrogens is 215 g/mol. The van der Waals surface area contributed by atoms with E-state index in [2.05, 4.69) is 18.7 Å². The van der Waals surface area contributed by atoms with Crippen molar-refractivity contribution in [2.45, 2.75) is 51.7 Å². The molecule has 2 nitrogen and oxygen atoms in total. The number of hydrogen-bond acceptors (Lipinski definition) is 2. The van der Waals surface area contributed by atoms with Crippen molar-refractivity contribution < 1.29 is 4.39 Å². The van der Waals surface area contributed by atoms with Gasteiger partial charge in [-0.1, -0.05) is 12.5 Å². The van der Waals surface area contributed by atoms with Crippen LogP contribution in [0.1, 0.15) is 38.7 Å². The quantitative estimate of drug-likeness (QED) is 0.799. The highest BCUT2D eigenvalue weighted by Crippen LogP contribution is 2.26. The Hall–Kier alpha value is -1.09. The molecule has 1 aromatic rings. The SMILES string of the molecule is C[C@@H]1CCC[C@H](C)N1Cc1ccc(F)cc1N. The maximum atomic E-state index is 13.0.